The number of carbonyl (C=O) groups is 1. The van der Waals surface area contributed by atoms with Crippen LogP contribution in [0.4, 0.5) is 0 Å². The molecular weight excluding hydrogens is 458 g/mol. The number of nitrogens with one attached hydrogen (secondary N) is 1. The third-order valence-corrected chi connectivity index (χ3v) is 6.72. The lowest BCUT2D eigenvalue weighted by molar-refractivity contribution is -0.120. The molecule has 0 spiro atoms. The van der Waals surface area contributed by atoms with E-state index in [2.05, 4.69) is 65.3 Å². The van der Waals surface area contributed by atoms with E-state index in [1.807, 2.05) is 30.3 Å². The number of unbranched alkanes of at least 4 members (excludes halogenated alkanes) is 3. The lowest BCUT2D eigenvalue weighted by Crippen LogP contribution is -2.26. The highest BCUT2D eigenvalue weighted by atomic mass is 16.5. The van der Waals surface area contributed by atoms with Crippen LogP contribution in [0.2, 0.25) is 0 Å². The van der Waals surface area contributed by atoms with Gasteiger partial charge in [-0.15, -0.1) is 0 Å². The van der Waals surface area contributed by atoms with E-state index >= 15 is 0 Å². The van der Waals surface area contributed by atoms with Gasteiger partial charge in [0, 0.05) is 19.5 Å². The quantitative estimate of drug-likeness (QED) is 0.190. The van der Waals surface area contributed by atoms with Crippen molar-refractivity contribution in [2.75, 3.05) is 13.2 Å². The summed E-state index contributed by atoms with van der Waals surface area (Å²) in [4.78, 5) is 17.1. The third kappa shape index (κ3) is 8.21. The molecule has 0 bridgehead atoms. The number of para-hydroxylation sites is 2. The molecule has 4 rings (SSSR count). The number of imidazole rings is 1. The Hall–Kier alpha value is -3.60. The predicted octanol–water partition coefficient (Wildman–Crippen LogP) is 6.53. The third-order valence-electron chi connectivity index (χ3n) is 6.72. The van der Waals surface area contributed by atoms with Crippen molar-refractivity contribution in [1.82, 2.24) is 14.9 Å². The molecule has 0 fully saturated rings. The molecule has 37 heavy (non-hydrogen) atoms. The number of nitrogens with zero attached hydrogens (tertiary/aromatic N) is 2. The summed E-state index contributed by atoms with van der Waals surface area (Å²) in [7, 11) is 0. The van der Waals surface area contributed by atoms with Gasteiger partial charge in [0.15, 0.2) is 0 Å². The second-order valence-corrected chi connectivity index (χ2v) is 9.54. The number of hydrogen-bond acceptors (Lipinski definition) is 3. The summed E-state index contributed by atoms with van der Waals surface area (Å²) in [6.45, 7) is 4.56. The molecule has 0 aliphatic rings. The summed E-state index contributed by atoms with van der Waals surface area (Å²) in [6, 6.07) is 26.7. The lowest BCUT2D eigenvalue weighted by Gasteiger charge is -2.11. The number of rotatable bonds is 15. The molecule has 1 heterocycles. The van der Waals surface area contributed by atoms with Crippen LogP contribution in [-0.2, 0) is 30.6 Å². The van der Waals surface area contributed by atoms with E-state index in [9.17, 15) is 4.79 Å². The summed E-state index contributed by atoms with van der Waals surface area (Å²) in [5, 5.41) is 3.05. The molecule has 0 saturated heterocycles. The van der Waals surface area contributed by atoms with Crippen molar-refractivity contribution in [2.45, 2.75) is 64.8 Å². The van der Waals surface area contributed by atoms with Crippen LogP contribution in [0.5, 0.6) is 5.75 Å². The Morgan fingerprint density at radius 2 is 1.62 bits per heavy atom. The smallest absolute Gasteiger partial charge is 0.224 e. The van der Waals surface area contributed by atoms with Crippen molar-refractivity contribution in [3.05, 3.63) is 95.8 Å². The number of benzene rings is 3. The zero-order valence-electron chi connectivity index (χ0n) is 22.0. The summed E-state index contributed by atoms with van der Waals surface area (Å²) < 4.78 is 8.32. The van der Waals surface area contributed by atoms with Gasteiger partial charge in [0.05, 0.1) is 24.1 Å². The summed E-state index contributed by atoms with van der Waals surface area (Å²) >= 11 is 0. The standard InChI is InChI=1S/C32H39N3O2/c1-2-26-18-20-28(21-19-26)37-24-12-11-23-35-30-16-9-8-15-29(30)34-31(35)17-7-4-10-22-33-32(36)25-27-13-5-3-6-14-27/h3,5-6,8-9,13-16,18-21H,2,4,7,10-12,17,22-25H2,1H3,(H,33,36). The van der Waals surface area contributed by atoms with Crippen LogP contribution in [0.3, 0.4) is 0 Å². The number of ether oxygens (including phenoxy) is 1. The number of aromatic nitrogens is 2. The molecule has 5 heteroatoms. The zero-order chi connectivity index (χ0) is 25.7. The lowest BCUT2D eigenvalue weighted by atomic mass is 10.1. The molecule has 0 aliphatic heterocycles. The van der Waals surface area contributed by atoms with Gasteiger partial charge < -0.3 is 14.6 Å². The molecule has 0 unspecified atom stereocenters. The molecule has 4 aromatic rings. The fraction of sp³-hybridized carbons (Fsp3) is 0.375. The van der Waals surface area contributed by atoms with Gasteiger partial charge >= 0.3 is 0 Å². The minimum Gasteiger partial charge on any atom is -0.494 e. The van der Waals surface area contributed by atoms with E-state index in [1.54, 1.807) is 0 Å². The molecule has 0 aliphatic carbocycles. The molecule has 1 amide bonds. The number of carbonyl (C=O) groups excluding carboxylic acids is 1. The monoisotopic (exact) mass is 497 g/mol. The molecule has 1 N–H and O–H groups in total. The zero-order valence-corrected chi connectivity index (χ0v) is 22.0. The fourth-order valence-corrected chi connectivity index (χ4v) is 4.61. The number of hydrogen-bond donors (Lipinski definition) is 1. The topological polar surface area (TPSA) is 56.1 Å². The molecule has 5 nitrogen and oxygen atoms in total. The SMILES string of the molecule is CCc1ccc(OCCCCn2c(CCCCCNC(=O)Cc3ccccc3)nc3ccccc32)cc1. The van der Waals surface area contributed by atoms with Crippen LogP contribution < -0.4 is 10.1 Å². The first-order chi connectivity index (χ1) is 18.2. The van der Waals surface area contributed by atoms with E-state index in [0.29, 0.717) is 6.42 Å². The van der Waals surface area contributed by atoms with Crippen molar-refractivity contribution < 1.29 is 9.53 Å². The summed E-state index contributed by atoms with van der Waals surface area (Å²) in [5.41, 5.74) is 4.66. The first-order valence-electron chi connectivity index (χ1n) is 13.7. The minimum absolute atomic E-state index is 0.0925. The predicted molar refractivity (Wildman–Crippen MR) is 151 cm³/mol. The van der Waals surface area contributed by atoms with Crippen LogP contribution in [0.15, 0.2) is 78.9 Å². The molecule has 3 aromatic carbocycles. The van der Waals surface area contributed by atoms with Crippen LogP contribution >= 0.6 is 0 Å². The van der Waals surface area contributed by atoms with Crippen molar-refractivity contribution in [1.29, 1.82) is 0 Å². The van der Waals surface area contributed by atoms with Crippen molar-refractivity contribution in [3.8, 4) is 5.75 Å². The fourth-order valence-electron chi connectivity index (χ4n) is 4.61. The van der Waals surface area contributed by atoms with E-state index in [0.717, 1.165) is 87.3 Å². The van der Waals surface area contributed by atoms with Crippen molar-refractivity contribution in [3.63, 3.8) is 0 Å². The Bertz CT molecular complexity index is 1230. The highest BCUT2D eigenvalue weighted by Gasteiger charge is 2.10. The van der Waals surface area contributed by atoms with Gasteiger partial charge in [0.25, 0.3) is 0 Å². The van der Waals surface area contributed by atoms with Crippen LogP contribution in [0, 0.1) is 0 Å². The Kier molecular flexibility index (Phi) is 10.2. The molecule has 194 valence electrons. The van der Waals surface area contributed by atoms with Crippen molar-refractivity contribution >= 4 is 16.9 Å². The Balaban J connectivity index is 1.18. The van der Waals surface area contributed by atoms with Gasteiger partial charge in [-0.05, 0) is 67.5 Å². The Labute approximate surface area is 220 Å². The largest absolute Gasteiger partial charge is 0.494 e. The highest BCUT2D eigenvalue weighted by Crippen LogP contribution is 2.19. The minimum atomic E-state index is 0.0925. The average Bonchev–Trinajstić information content (AvgIpc) is 3.28. The average molecular weight is 498 g/mol. The maximum atomic E-state index is 12.1. The molecule has 0 saturated carbocycles. The molecule has 0 atom stereocenters. The van der Waals surface area contributed by atoms with E-state index in [4.69, 9.17) is 9.72 Å². The normalized spacial score (nSPS) is 11.1. The van der Waals surface area contributed by atoms with Crippen molar-refractivity contribution in [2.24, 2.45) is 0 Å². The molecule has 0 radical (unpaired) electrons. The maximum absolute atomic E-state index is 12.1. The second kappa shape index (κ2) is 14.2. The van der Waals surface area contributed by atoms with Gasteiger partial charge in [-0.25, -0.2) is 4.98 Å². The molecular formula is C32H39N3O2. The second-order valence-electron chi connectivity index (χ2n) is 9.54. The van der Waals surface area contributed by atoms with Crippen LogP contribution in [0.25, 0.3) is 11.0 Å². The van der Waals surface area contributed by atoms with Gasteiger partial charge in [0.2, 0.25) is 5.91 Å². The highest BCUT2D eigenvalue weighted by molar-refractivity contribution is 5.78. The first-order valence-corrected chi connectivity index (χ1v) is 13.7. The first kappa shape index (κ1) is 26.5. The number of fused-ring (bicyclic) bond motifs is 1. The van der Waals surface area contributed by atoms with E-state index in [1.165, 1.54) is 11.1 Å². The summed E-state index contributed by atoms with van der Waals surface area (Å²) in [5.74, 6) is 2.20. The molecule has 1 aromatic heterocycles. The number of aryl methyl sites for hydroxylation is 3. The Morgan fingerprint density at radius 3 is 2.43 bits per heavy atom. The van der Waals surface area contributed by atoms with E-state index < -0.39 is 0 Å². The van der Waals surface area contributed by atoms with Gasteiger partial charge in [-0.2, -0.15) is 0 Å². The van der Waals surface area contributed by atoms with Crippen LogP contribution in [0.1, 0.15) is 56.0 Å². The number of amides is 1. The van der Waals surface area contributed by atoms with Gasteiger partial charge in [-0.1, -0.05) is 67.9 Å². The van der Waals surface area contributed by atoms with Crippen LogP contribution in [-0.4, -0.2) is 28.6 Å². The van der Waals surface area contributed by atoms with E-state index in [-0.39, 0.29) is 5.91 Å². The summed E-state index contributed by atoms with van der Waals surface area (Å²) in [6.07, 6.45) is 7.62. The maximum Gasteiger partial charge on any atom is 0.224 e. The Morgan fingerprint density at radius 1 is 0.838 bits per heavy atom. The van der Waals surface area contributed by atoms with Gasteiger partial charge in [-0.3, -0.25) is 4.79 Å². The van der Waals surface area contributed by atoms with Gasteiger partial charge in [0.1, 0.15) is 11.6 Å².